The van der Waals surface area contributed by atoms with Crippen LogP contribution in [0, 0.1) is 5.92 Å². The summed E-state index contributed by atoms with van der Waals surface area (Å²) >= 11 is 0. The first-order valence-corrected chi connectivity index (χ1v) is 23.0. The summed E-state index contributed by atoms with van der Waals surface area (Å²) in [6, 6.07) is 21.7. The molecule has 0 saturated carbocycles. The van der Waals surface area contributed by atoms with E-state index in [0.29, 0.717) is 59.5 Å². The number of nitrogens with zero attached hydrogens (tertiary/aromatic N) is 9. The normalized spacial score (nSPS) is 18.3. The lowest BCUT2D eigenvalue weighted by molar-refractivity contribution is -0.136. The highest BCUT2D eigenvalue weighted by Gasteiger charge is 2.39. The van der Waals surface area contributed by atoms with Crippen molar-refractivity contribution in [3.05, 3.63) is 119 Å². The second kappa shape index (κ2) is 20.8. The molecule has 67 heavy (non-hydrogen) atoms. The number of piperidine rings is 2. The Labute approximate surface area is 396 Å². The third kappa shape index (κ3) is 10.6. The molecule has 0 bridgehead atoms. The van der Waals surface area contributed by atoms with Gasteiger partial charge in [0.15, 0.2) is 11.6 Å². The van der Waals surface area contributed by atoms with Gasteiger partial charge in [0.25, 0.3) is 17.7 Å². The van der Waals surface area contributed by atoms with Crippen molar-refractivity contribution in [3.63, 3.8) is 0 Å². The SMILES string of the molecule is C[C@@H](NC(=O)c1cccc(NCc2nnc(-c3ccncn3)n2C)c1)c1cccc(C(=O)N2CCC(CCCN3CCN(c4ccc5c(c4)CN(C4CCC(=O)NC4=O)C5=O)CC3)CC2)c1.Cl. The topological polar surface area (TPSA) is 191 Å². The number of hydrogen-bond acceptors (Lipinski definition) is 12. The predicted octanol–water partition coefficient (Wildman–Crippen LogP) is 5.01. The number of rotatable bonds is 14. The summed E-state index contributed by atoms with van der Waals surface area (Å²) in [5, 5.41) is 17.4. The summed E-state index contributed by atoms with van der Waals surface area (Å²) in [6.45, 7) is 8.98. The number of amides is 5. The van der Waals surface area contributed by atoms with Gasteiger partial charge in [0.05, 0.1) is 12.6 Å². The summed E-state index contributed by atoms with van der Waals surface area (Å²) in [5.41, 5.74) is 6.13. The minimum absolute atomic E-state index is 0. The number of likely N-dealkylation sites (tertiary alicyclic amines) is 1. The Balaban J connectivity index is 0.00000608. The fourth-order valence-electron chi connectivity index (χ4n) is 9.62. The number of piperazine rings is 1. The maximum absolute atomic E-state index is 13.7. The molecule has 350 valence electrons. The Morgan fingerprint density at radius 2 is 1.67 bits per heavy atom. The number of benzene rings is 3. The highest BCUT2D eigenvalue weighted by Crippen LogP contribution is 2.31. The zero-order chi connectivity index (χ0) is 45.7. The number of imide groups is 1. The first-order chi connectivity index (χ1) is 32.1. The monoisotopic (exact) mass is 928 g/mol. The molecule has 3 N–H and O–H groups in total. The van der Waals surface area contributed by atoms with Crippen LogP contribution in [0.1, 0.15) is 99.5 Å². The van der Waals surface area contributed by atoms with E-state index in [9.17, 15) is 24.0 Å². The number of halogens is 1. The molecule has 17 nitrogen and oxygen atoms in total. The largest absolute Gasteiger partial charge is 0.378 e. The van der Waals surface area contributed by atoms with Gasteiger partial charge in [0.2, 0.25) is 11.8 Å². The van der Waals surface area contributed by atoms with Crippen LogP contribution in [-0.2, 0) is 29.7 Å². The average Bonchev–Trinajstić information content (AvgIpc) is 3.88. The number of hydrogen-bond donors (Lipinski definition) is 3. The number of anilines is 2. The molecule has 2 atom stereocenters. The minimum atomic E-state index is -0.609. The summed E-state index contributed by atoms with van der Waals surface area (Å²) in [6.07, 6.45) is 7.99. The van der Waals surface area contributed by atoms with E-state index in [1.165, 1.54) is 6.33 Å². The Hall–Kier alpha value is -6.72. The van der Waals surface area contributed by atoms with Gasteiger partial charge in [0.1, 0.15) is 18.1 Å². The zero-order valence-electron chi connectivity index (χ0n) is 37.9. The standard InChI is InChI=1S/C49H56N12O5.ClH/c1-32(53-46(63)35-8-4-10-38(27-35)51-29-43-55-56-45(57(43)2)41-15-18-50-31-52-41)34-7-3-9-36(26-34)48(65)60-20-16-33(17-21-60)6-5-19-58-22-24-59(25-23-58)39-11-12-40-37(28-39)30-61(49(40)66)42-13-14-44(62)54-47(42)64;/h3-4,7-12,15,18,26-28,31-33,42,51H,5-6,13-14,16-17,19-25,29-30H2,1-2H3,(H,53,63)(H,54,62,64);1H/t32-,42?;/m1./s1. The quantitative estimate of drug-likeness (QED) is 0.126. The lowest BCUT2D eigenvalue weighted by Gasteiger charge is -2.37. The molecule has 0 spiro atoms. The lowest BCUT2D eigenvalue weighted by atomic mass is 9.91. The van der Waals surface area contributed by atoms with Crippen LogP contribution in [0.15, 0.2) is 85.3 Å². The molecule has 2 aromatic heterocycles. The van der Waals surface area contributed by atoms with E-state index < -0.39 is 6.04 Å². The fraction of sp³-hybridized carbons (Fsp3) is 0.408. The van der Waals surface area contributed by atoms with E-state index in [1.807, 2.05) is 72.0 Å². The molecule has 3 fully saturated rings. The molecule has 6 heterocycles. The Kier molecular flexibility index (Phi) is 14.6. The second-order valence-electron chi connectivity index (χ2n) is 17.8. The van der Waals surface area contributed by atoms with Gasteiger partial charge in [-0.1, -0.05) is 18.2 Å². The molecule has 1 unspecified atom stereocenters. The van der Waals surface area contributed by atoms with Gasteiger partial charge < -0.3 is 29.9 Å². The van der Waals surface area contributed by atoms with E-state index in [0.717, 1.165) is 94.0 Å². The molecule has 4 aliphatic heterocycles. The molecule has 5 amide bonds. The first kappa shape index (κ1) is 46.8. The van der Waals surface area contributed by atoms with E-state index in [1.54, 1.807) is 29.3 Å². The number of fused-ring (bicyclic) bond motifs is 1. The molecule has 9 rings (SSSR count). The van der Waals surface area contributed by atoms with Crippen molar-refractivity contribution in [2.75, 3.05) is 56.0 Å². The molecule has 18 heteroatoms. The van der Waals surface area contributed by atoms with Gasteiger partial charge in [-0.05, 0) is 117 Å². The summed E-state index contributed by atoms with van der Waals surface area (Å²) in [7, 11) is 1.88. The maximum Gasteiger partial charge on any atom is 0.255 e. The Morgan fingerprint density at radius 1 is 0.881 bits per heavy atom. The number of aromatic nitrogens is 5. The van der Waals surface area contributed by atoms with E-state index in [2.05, 4.69) is 52.0 Å². The van der Waals surface area contributed by atoms with Crippen molar-refractivity contribution in [2.24, 2.45) is 13.0 Å². The van der Waals surface area contributed by atoms with Gasteiger partial charge in [-0.3, -0.25) is 34.2 Å². The highest BCUT2D eigenvalue weighted by atomic mass is 35.5. The number of carbonyl (C=O) groups excluding carboxylic acids is 5. The Bertz CT molecular complexity index is 2610. The van der Waals surface area contributed by atoms with Crippen molar-refractivity contribution in [3.8, 4) is 11.5 Å². The van der Waals surface area contributed by atoms with Crippen LogP contribution in [-0.4, -0.2) is 121 Å². The lowest BCUT2D eigenvalue weighted by Crippen LogP contribution is -2.52. The molecule has 3 aromatic carbocycles. The van der Waals surface area contributed by atoms with E-state index >= 15 is 0 Å². The predicted molar refractivity (Wildman–Crippen MR) is 254 cm³/mol. The molecular formula is C49H57ClN12O5. The Morgan fingerprint density at radius 3 is 2.45 bits per heavy atom. The smallest absolute Gasteiger partial charge is 0.255 e. The number of carbonyl (C=O) groups is 5. The van der Waals surface area contributed by atoms with Crippen LogP contribution >= 0.6 is 12.4 Å². The van der Waals surface area contributed by atoms with E-state index in [4.69, 9.17) is 0 Å². The van der Waals surface area contributed by atoms with Gasteiger partial charge in [-0.2, -0.15) is 0 Å². The third-order valence-corrected chi connectivity index (χ3v) is 13.6. The van der Waals surface area contributed by atoms with Crippen molar-refractivity contribution in [2.45, 2.75) is 70.6 Å². The van der Waals surface area contributed by atoms with Crippen LogP contribution in [0.4, 0.5) is 11.4 Å². The molecule has 0 radical (unpaired) electrons. The van der Waals surface area contributed by atoms with Crippen LogP contribution in [0.2, 0.25) is 0 Å². The van der Waals surface area contributed by atoms with Gasteiger partial charge in [-0.25, -0.2) is 9.97 Å². The zero-order valence-corrected chi connectivity index (χ0v) is 38.7. The highest BCUT2D eigenvalue weighted by molar-refractivity contribution is 6.05. The molecule has 5 aromatic rings. The van der Waals surface area contributed by atoms with Gasteiger partial charge in [0, 0.05) is 93.5 Å². The van der Waals surface area contributed by atoms with Crippen molar-refractivity contribution in [1.29, 1.82) is 0 Å². The van der Waals surface area contributed by atoms with Crippen LogP contribution < -0.4 is 20.9 Å². The first-order valence-electron chi connectivity index (χ1n) is 23.0. The summed E-state index contributed by atoms with van der Waals surface area (Å²) in [4.78, 5) is 81.1. The van der Waals surface area contributed by atoms with Crippen molar-refractivity contribution in [1.82, 2.24) is 50.1 Å². The molecule has 3 saturated heterocycles. The fourth-order valence-corrected chi connectivity index (χ4v) is 9.62. The summed E-state index contributed by atoms with van der Waals surface area (Å²) < 4.78 is 1.87. The molecule has 4 aliphatic rings. The molecular weight excluding hydrogens is 872 g/mol. The molecule has 0 aliphatic carbocycles. The van der Waals surface area contributed by atoms with Gasteiger partial charge in [-0.15, -0.1) is 22.6 Å². The minimum Gasteiger partial charge on any atom is -0.378 e. The van der Waals surface area contributed by atoms with Crippen LogP contribution in [0.25, 0.3) is 11.5 Å². The van der Waals surface area contributed by atoms with Crippen molar-refractivity contribution < 1.29 is 24.0 Å². The van der Waals surface area contributed by atoms with Gasteiger partial charge >= 0.3 is 0 Å². The van der Waals surface area contributed by atoms with Crippen molar-refractivity contribution >= 4 is 53.3 Å². The third-order valence-electron chi connectivity index (χ3n) is 13.6. The second-order valence-corrected chi connectivity index (χ2v) is 17.8. The van der Waals surface area contributed by atoms with E-state index in [-0.39, 0.29) is 54.4 Å². The van der Waals surface area contributed by atoms with Crippen LogP contribution in [0.3, 0.4) is 0 Å². The average molecular weight is 930 g/mol. The maximum atomic E-state index is 13.7. The number of nitrogens with one attached hydrogen (secondary N) is 3. The summed E-state index contributed by atoms with van der Waals surface area (Å²) in [5.74, 6) is 0.935. The van der Waals surface area contributed by atoms with Crippen LogP contribution in [0.5, 0.6) is 0 Å².